The first-order valence-electron chi connectivity index (χ1n) is 27.2. The Bertz CT molecular complexity index is 3680. The van der Waals surface area contributed by atoms with E-state index >= 15 is 0 Å². The summed E-state index contributed by atoms with van der Waals surface area (Å²) in [6, 6.07) is 15.3. The van der Waals surface area contributed by atoms with Crippen LogP contribution in [-0.4, -0.2) is 61.2 Å². The zero-order valence-electron chi connectivity index (χ0n) is 48.9. The lowest BCUT2D eigenvalue weighted by Crippen LogP contribution is -1.93. The Morgan fingerprint density at radius 3 is 1.09 bits per heavy atom. The van der Waals surface area contributed by atoms with E-state index in [1.807, 2.05) is 69.8 Å². The molecular weight excluding hydrogens is 1160 g/mol. The maximum Gasteiger partial charge on any atom is 0.144 e. The van der Waals surface area contributed by atoms with E-state index < -0.39 is 5.82 Å². The molecule has 6 heterocycles. The van der Waals surface area contributed by atoms with Crippen LogP contribution in [-0.2, 0) is 0 Å². The molecule has 12 rings (SSSR count). The molecule has 0 saturated heterocycles. The Balaban J connectivity index is 0.000000142. The smallest absolute Gasteiger partial charge is 0.144 e. The van der Waals surface area contributed by atoms with E-state index in [-0.39, 0.29) is 10.9 Å². The van der Waals surface area contributed by atoms with Crippen molar-refractivity contribution < 1.29 is 4.39 Å². The predicted molar refractivity (Wildman–Crippen MR) is 345 cm³/mol. The fourth-order valence-electron chi connectivity index (χ4n) is 10.5. The summed E-state index contributed by atoms with van der Waals surface area (Å²) in [7, 11) is 0. The first-order chi connectivity index (χ1) is 38.8. The van der Waals surface area contributed by atoms with Crippen LogP contribution >= 0.6 is 69.6 Å². The summed E-state index contributed by atoms with van der Waals surface area (Å²) in [5.41, 5.74) is 16.4. The van der Waals surface area contributed by atoms with Crippen LogP contribution in [0.15, 0.2) is 85.7 Å². The van der Waals surface area contributed by atoms with Crippen LogP contribution < -0.4 is 0 Å². The first kappa shape index (κ1) is 63.4. The van der Waals surface area contributed by atoms with Crippen molar-refractivity contribution in [2.45, 2.75) is 139 Å². The number of benzene rings is 6. The molecule has 0 aliphatic carbocycles. The van der Waals surface area contributed by atoms with Gasteiger partial charge in [0.05, 0.1) is 85.3 Å². The Hall–Kier alpha value is -6.19. The van der Waals surface area contributed by atoms with E-state index in [0.29, 0.717) is 45.2 Å². The molecule has 0 aliphatic rings. The number of H-pyrrole nitrogens is 6. The molecule has 0 spiro atoms. The topological polar surface area (TPSA) is 172 Å². The van der Waals surface area contributed by atoms with Crippen LogP contribution in [0.3, 0.4) is 0 Å². The summed E-state index contributed by atoms with van der Waals surface area (Å²) in [5.74, 6) is 1.98. The summed E-state index contributed by atoms with van der Waals surface area (Å²) in [5, 5.41) is 52.0. The van der Waals surface area contributed by atoms with Crippen molar-refractivity contribution in [2.75, 3.05) is 0 Å². The van der Waals surface area contributed by atoms with Gasteiger partial charge in [-0.15, -0.1) is 0 Å². The predicted octanol–water partition coefficient (Wildman–Crippen LogP) is 21.1. The summed E-state index contributed by atoms with van der Waals surface area (Å²) in [6.45, 7) is 31.7. The highest BCUT2D eigenvalue weighted by molar-refractivity contribution is 6.43. The number of hydrogen-bond acceptors (Lipinski definition) is 6. The summed E-state index contributed by atoms with van der Waals surface area (Å²) >= 11 is 36.6. The number of aryl methyl sites for hydroxylation is 2. The molecule has 12 aromatic rings. The van der Waals surface area contributed by atoms with Crippen LogP contribution in [0, 0.1) is 26.6 Å². The van der Waals surface area contributed by atoms with Gasteiger partial charge in [-0.25, -0.2) is 4.39 Å². The molecule has 432 valence electrons. The lowest BCUT2D eigenvalue weighted by molar-refractivity contribution is 0.626. The average Bonchev–Trinajstić information content (AvgIpc) is 4.49. The van der Waals surface area contributed by atoms with Crippen LogP contribution in [0.2, 0.25) is 30.1 Å². The SMILES string of the molecule is CC(C)c1c(Cl)c(Cl)cc2[nH]ncc12.CC(C)c1c(Cl)c(F)cc2[nH]ncc12.CC(C)c1c(Cl)ccc2[nH]ncc12.Cc1c(Cl)cc2[nH]ncc2c1C(C)C.Cc1cc2[nH]ncc2c(C(C)C)c1Cl.Cc1ccc2[nH]ncc2c1C(C)C. The molecule has 82 heavy (non-hydrogen) atoms. The summed E-state index contributed by atoms with van der Waals surface area (Å²) in [4.78, 5) is 0. The number of nitrogens with one attached hydrogen (secondary N) is 6. The molecule has 6 aromatic heterocycles. The van der Waals surface area contributed by atoms with Gasteiger partial charge in [-0.2, -0.15) is 30.6 Å². The molecule has 19 heteroatoms. The molecule has 0 unspecified atom stereocenters. The molecule has 0 radical (unpaired) electrons. The van der Waals surface area contributed by atoms with E-state index in [9.17, 15) is 4.39 Å². The Morgan fingerprint density at radius 2 is 0.646 bits per heavy atom. The zero-order chi connectivity index (χ0) is 60.0. The van der Waals surface area contributed by atoms with Gasteiger partial charge in [0.15, 0.2) is 0 Å². The third-order valence-corrected chi connectivity index (χ3v) is 16.6. The third-order valence-electron chi connectivity index (χ3n) is 14.2. The number of aromatic nitrogens is 12. The van der Waals surface area contributed by atoms with Crippen molar-refractivity contribution in [3.05, 3.63) is 172 Å². The highest BCUT2D eigenvalue weighted by Gasteiger charge is 2.19. The molecule has 0 bridgehead atoms. The van der Waals surface area contributed by atoms with E-state index in [0.717, 1.165) is 86.5 Å². The quantitative estimate of drug-likeness (QED) is 0.0967. The van der Waals surface area contributed by atoms with E-state index in [1.165, 1.54) is 44.7 Å². The van der Waals surface area contributed by atoms with E-state index in [4.69, 9.17) is 69.6 Å². The van der Waals surface area contributed by atoms with Crippen molar-refractivity contribution in [1.82, 2.24) is 61.2 Å². The van der Waals surface area contributed by atoms with Gasteiger partial charge in [0.2, 0.25) is 0 Å². The second kappa shape index (κ2) is 27.5. The minimum Gasteiger partial charge on any atom is -0.278 e. The van der Waals surface area contributed by atoms with Crippen LogP contribution in [0.4, 0.5) is 4.39 Å². The Kier molecular flexibility index (Phi) is 21.2. The van der Waals surface area contributed by atoms with E-state index in [2.05, 4.69) is 156 Å². The number of aromatic amines is 6. The molecular formula is C63H71Cl6FN12. The molecule has 0 amide bonds. The van der Waals surface area contributed by atoms with Crippen molar-refractivity contribution in [3.63, 3.8) is 0 Å². The molecule has 0 saturated carbocycles. The van der Waals surface area contributed by atoms with Crippen molar-refractivity contribution >= 4 is 135 Å². The van der Waals surface area contributed by atoms with Crippen LogP contribution in [0.25, 0.3) is 65.4 Å². The van der Waals surface area contributed by atoms with Crippen molar-refractivity contribution in [3.8, 4) is 0 Å². The highest BCUT2D eigenvalue weighted by atomic mass is 35.5. The number of halogens is 7. The number of fused-ring (bicyclic) bond motifs is 6. The van der Waals surface area contributed by atoms with Crippen LogP contribution in [0.1, 0.15) is 169 Å². The van der Waals surface area contributed by atoms with Gasteiger partial charge in [-0.05, 0) is 143 Å². The molecule has 0 atom stereocenters. The maximum absolute atomic E-state index is 13.4. The minimum absolute atomic E-state index is 0.179. The van der Waals surface area contributed by atoms with E-state index in [1.54, 1.807) is 18.5 Å². The number of nitrogens with zero attached hydrogens (tertiary/aromatic N) is 6. The molecule has 0 aliphatic heterocycles. The van der Waals surface area contributed by atoms with Gasteiger partial charge in [-0.1, -0.05) is 159 Å². The molecule has 6 aromatic carbocycles. The van der Waals surface area contributed by atoms with Gasteiger partial charge in [0.1, 0.15) is 5.82 Å². The van der Waals surface area contributed by atoms with Crippen LogP contribution in [0.5, 0.6) is 0 Å². The fraction of sp³-hybridized carbons (Fsp3) is 0.333. The lowest BCUT2D eigenvalue weighted by Gasteiger charge is -2.12. The van der Waals surface area contributed by atoms with Gasteiger partial charge < -0.3 is 0 Å². The number of rotatable bonds is 6. The standard InChI is InChI=1S/2C11H13ClN2.C11H14N2.C10H10Cl2N2.C10H10ClFN2.C10H11ClN2/c1-6(2)11-7(3)9(12)4-10-8(11)5-13-14-10;1-6(2)10-8-5-13-14-9(8)4-7(3)11(10)12;1-7(2)11-8(3)4-5-10-9(11)6-12-13-10;1-5(2)9-6-4-13-14-8(6)3-7(11)10(9)12;1-5(2)9-6-4-13-14-8(6)3-7(12)10(9)11;1-6(2)10-7-5-12-13-9(7)4-3-8(10)11/h2*4-6H,1-3H3,(H,13,14);4-7H,1-3H3,(H,12,13);2*3-5H,1-2H3,(H,13,14);3-6H,1-2H3,(H,12,13). The minimum atomic E-state index is -0.396. The largest absolute Gasteiger partial charge is 0.278 e. The van der Waals surface area contributed by atoms with Gasteiger partial charge in [0, 0.05) is 53.5 Å². The first-order valence-corrected chi connectivity index (χ1v) is 29.5. The second-order valence-corrected chi connectivity index (χ2v) is 24.5. The fourth-order valence-corrected chi connectivity index (χ4v) is 12.4. The normalized spacial score (nSPS) is 11.5. The maximum atomic E-state index is 13.4. The van der Waals surface area contributed by atoms with Gasteiger partial charge in [0.25, 0.3) is 0 Å². The zero-order valence-corrected chi connectivity index (χ0v) is 53.4. The number of hydrogen-bond donors (Lipinski definition) is 6. The molecule has 0 fully saturated rings. The summed E-state index contributed by atoms with van der Waals surface area (Å²) in [6.07, 6.45) is 10.9. The Labute approximate surface area is 508 Å². The monoisotopic (exact) mass is 1220 g/mol. The van der Waals surface area contributed by atoms with Crippen molar-refractivity contribution in [2.24, 2.45) is 0 Å². The average molecular weight is 1230 g/mol. The van der Waals surface area contributed by atoms with Crippen molar-refractivity contribution in [1.29, 1.82) is 0 Å². The highest BCUT2D eigenvalue weighted by Crippen LogP contribution is 2.39. The lowest BCUT2D eigenvalue weighted by atomic mass is 9.94. The molecule has 12 nitrogen and oxygen atoms in total. The Morgan fingerprint density at radius 1 is 0.317 bits per heavy atom. The summed E-state index contributed by atoms with van der Waals surface area (Å²) < 4.78 is 13.4. The van der Waals surface area contributed by atoms with Gasteiger partial charge in [-0.3, -0.25) is 30.6 Å². The third kappa shape index (κ3) is 13.9. The second-order valence-electron chi connectivity index (χ2n) is 22.2. The molecule has 6 N–H and O–H groups in total. The van der Waals surface area contributed by atoms with Gasteiger partial charge >= 0.3 is 0 Å².